The smallest absolute Gasteiger partial charge is 0.269 e. The van der Waals surface area contributed by atoms with Gasteiger partial charge in [0.1, 0.15) is 0 Å². The highest BCUT2D eigenvalue weighted by Crippen LogP contribution is 2.19. The van der Waals surface area contributed by atoms with Gasteiger partial charge in [-0.2, -0.15) is 5.10 Å². The van der Waals surface area contributed by atoms with Gasteiger partial charge in [0, 0.05) is 38.0 Å². The number of benzene rings is 1. The van der Waals surface area contributed by atoms with Crippen molar-refractivity contribution >= 4 is 5.69 Å². The Bertz CT molecular complexity index is 580. The molecule has 1 aromatic heterocycles. The maximum atomic E-state index is 10.7. The zero-order valence-electron chi connectivity index (χ0n) is 10.9. The number of non-ortho nitro benzene ring substituents is 1. The molecular formula is C13H16N4O2. The summed E-state index contributed by atoms with van der Waals surface area (Å²) in [5.41, 5.74) is 2.08. The Balaban J connectivity index is 2.03. The monoisotopic (exact) mass is 260 g/mol. The molecular weight excluding hydrogens is 244 g/mol. The number of hydrogen-bond donors (Lipinski definition) is 1. The van der Waals surface area contributed by atoms with Gasteiger partial charge in [-0.05, 0) is 18.6 Å². The predicted molar refractivity (Wildman–Crippen MR) is 71.6 cm³/mol. The standard InChI is InChI=1S/C13H16N4O2/c1-10(14-9-13-6-7-15-16(13)2)11-4-3-5-12(8-11)17(18)19/h3-8,10,14H,9H2,1-2H3. The number of nitrogens with one attached hydrogen (secondary N) is 1. The molecule has 0 spiro atoms. The van der Waals surface area contributed by atoms with E-state index in [1.165, 1.54) is 6.07 Å². The fraction of sp³-hybridized carbons (Fsp3) is 0.308. The van der Waals surface area contributed by atoms with Gasteiger partial charge in [-0.3, -0.25) is 14.8 Å². The molecule has 2 rings (SSSR count). The van der Waals surface area contributed by atoms with Gasteiger partial charge in [-0.15, -0.1) is 0 Å². The Kier molecular flexibility index (Phi) is 3.91. The molecule has 0 fully saturated rings. The fourth-order valence-electron chi connectivity index (χ4n) is 1.86. The first-order valence-corrected chi connectivity index (χ1v) is 6.02. The average molecular weight is 260 g/mol. The molecule has 0 amide bonds. The number of hydrogen-bond acceptors (Lipinski definition) is 4. The van der Waals surface area contributed by atoms with E-state index in [1.54, 1.807) is 23.0 Å². The van der Waals surface area contributed by atoms with Crippen molar-refractivity contribution < 1.29 is 4.92 Å². The number of nitro groups is 1. The highest BCUT2D eigenvalue weighted by molar-refractivity contribution is 5.35. The molecule has 1 unspecified atom stereocenters. The zero-order valence-corrected chi connectivity index (χ0v) is 10.9. The van der Waals surface area contributed by atoms with Crippen molar-refractivity contribution in [1.29, 1.82) is 0 Å². The van der Waals surface area contributed by atoms with Gasteiger partial charge in [-0.1, -0.05) is 12.1 Å². The number of rotatable bonds is 5. The summed E-state index contributed by atoms with van der Waals surface area (Å²) in [6, 6.07) is 8.66. The molecule has 1 heterocycles. The predicted octanol–water partition coefficient (Wildman–Crippen LogP) is 2.18. The van der Waals surface area contributed by atoms with Crippen molar-refractivity contribution in [1.82, 2.24) is 15.1 Å². The molecule has 6 heteroatoms. The summed E-state index contributed by atoms with van der Waals surface area (Å²) < 4.78 is 1.80. The summed E-state index contributed by atoms with van der Waals surface area (Å²) in [5, 5.41) is 18.2. The topological polar surface area (TPSA) is 73.0 Å². The van der Waals surface area contributed by atoms with Crippen molar-refractivity contribution in [3.63, 3.8) is 0 Å². The van der Waals surface area contributed by atoms with Crippen LogP contribution in [0.3, 0.4) is 0 Å². The zero-order chi connectivity index (χ0) is 13.8. The highest BCUT2D eigenvalue weighted by atomic mass is 16.6. The maximum Gasteiger partial charge on any atom is 0.269 e. The number of nitrogens with zero attached hydrogens (tertiary/aromatic N) is 3. The second-order valence-electron chi connectivity index (χ2n) is 4.40. The van der Waals surface area contributed by atoms with Crippen molar-refractivity contribution in [3.05, 3.63) is 57.9 Å². The normalized spacial score (nSPS) is 12.3. The average Bonchev–Trinajstić information content (AvgIpc) is 2.81. The number of aryl methyl sites for hydroxylation is 1. The van der Waals surface area contributed by atoms with E-state index in [2.05, 4.69) is 10.4 Å². The molecule has 1 aromatic carbocycles. The summed E-state index contributed by atoms with van der Waals surface area (Å²) >= 11 is 0. The van der Waals surface area contributed by atoms with Crippen molar-refractivity contribution in [3.8, 4) is 0 Å². The van der Waals surface area contributed by atoms with Crippen LogP contribution in [0.4, 0.5) is 5.69 Å². The molecule has 0 bridgehead atoms. The van der Waals surface area contributed by atoms with Crippen molar-refractivity contribution in [2.75, 3.05) is 0 Å². The van der Waals surface area contributed by atoms with E-state index in [1.807, 2.05) is 26.1 Å². The van der Waals surface area contributed by atoms with Crippen LogP contribution in [0.1, 0.15) is 24.2 Å². The van der Waals surface area contributed by atoms with E-state index >= 15 is 0 Å². The number of aromatic nitrogens is 2. The molecule has 0 saturated heterocycles. The minimum atomic E-state index is -0.378. The third-order valence-electron chi connectivity index (χ3n) is 3.09. The summed E-state index contributed by atoms with van der Waals surface area (Å²) in [7, 11) is 1.88. The molecule has 0 radical (unpaired) electrons. The van der Waals surface area contributed by atoms with Crippen LogP contribution in [-0.2, 0) is 13.6 Å². The lowest BCUT2D eigenvalue weighted by Gasteiger charge is -2.14. The van der Waals surface area contributed by atoms with E-state index in [-0.39, 0.29) is 16.7 Å². The first kappa shape index (κ1) is 13.2. The van der Waals surface area contributed by atoms with Crippen LogP contribution in [-0.4, -0.2) is 14.7 Å². The maximum absolute atomic E-state index is 10.7. The minimum Gasteiger partial charge on any atom is -0.305 e. The van der Waals surface area contributed by atoms with E-state index in [4.69, 9.17) is 0 Å². The van der Waals surface area contributed by atoms with E-state index in [0.29, 0.717) is 6.54 Å². The third-order valence-corrected chi connectivity index (χ3v) is 3.09. The van der Waals surface area contributed by atoms with Crippen molar-refractivity contribution in [2.45, 2.75) is 19.5 Å². The first-order valence-electron chi connectivity index (χ1n) is 6.02. The molecule has 100 valence electrons. The fourth-order valence-corrected chi connectivity index (χ4v) is 1.86. The first-order chi connectivity index (χ1) is 9.08. The lowest BCUT2D eigenvalue weighted by atomic mass is 10.1. The molecule has 1 atom stereocenters. The summed E-state index contributed by atoms with van der Waals surface area (Å²) in [4.78, 5) is 10.4. The molecule has 0 saturated carbocycles. The minimum absolute atomic E-state index is 0.0369. The molecule has 0 aliphatic rings. The molecule has 2 aromatic rings. The summed E-state index contributed by atoms with van der Waals surface area (Å²) in [6.45, 7) is 2.65. The van der Waals surface area contributed by atoms with Crippen molar-refractivity contribution in [2.24, 2.45) is 7.05 Å². The number of nitro benzene ring substituents is 1. The molecule has 0 aliphatic carbocycles. The van der Waals surface area contributed by atoms with Crippen LogP contribution in [0.5, 0.6) is 0 Å². The Hall–Kier alpha value is -2.21. The van der Waals surface area contributed by atoms with Crippen LogP contribution in [0.2, 0.25) is 0 Å². The second kappa shape index (κ2) is 5.62. The largest absolute Gasteiger partial charge is 0.305 e. The Labute approximate surface area is 111 Å². The van der Waals surface area contributed by atoms with Crippen LogP contribution in [0.25, 0.3) is 0 Å². The molecule has 1 N–H and O–H groups in total. The van der Waals surface area contributed by atoms with Gasteiger partial charge < -0.3 is 5.32 Å². The Morgan fingerprint density at radius 3 is 2.89 bits per heavy atom. The lowest BCUT2D eigenvalue weighted by molar-refractivity contribution is -0.384. The van der Waals surface area contributed by atoms with Gasteiger partial charge in [0.15, 0.2) is 0 Å². The Morgan fingerprint density at radius 1 is 1.47 bits per heavy atom. The highest BCUT2D eigenvalue weighted by Gasteiger charge is 2.11. The van der Waals surface area contributed by atoms with Gasteiger partial charge in [0.2, 0.25) is 0 Å². The Morgan fingerprint density at radius 2 is 2.26 bits per heavy atom. The summed E-state index contributed by atoms with van der Waals surface area (Å²) in [6.07, 6.45) is 1.75. The second-order valence-corrected chi connectivity index (χ2v) is 4.40. The van der Waals surface area contributed by atoms with Gasteiger partial charge >= 0.3 is 0 Å². The quantitative estimate of drug-likeness (QED) is 0.660. The summed E-state index contributed by atoms with van der Waals surface area (Å²) in [5.74, 6) is 0. The van der Waals surface area contributed by atoms with Crippen LogP contribution >= 0.6 is 0 Å². The molecule has 19 heavy (non-hydrogen) atoms. The van der Waals surface area contributed by atoms with E-state index in [0.717, 1.165) is 11.3 Å². The SMILES string of the molecule is CC(NCc1ccnn1C)c1cccc([N+](=O)[O-])c1. The van der Waals surface area contributed by atoms with Crippen LogP contribution in [0.15, 0.2) is 36.5 Å². The van der Waals surface area contributed by atoms with E-state index < -0.39 is 0 Å². The van der Waals surface area contributed by atoms with Crippen LogP contribution in [0, 0.1) is 10.1 Å². The van der Waals surface area contributed by atoms with Crippen LogP contribution < -0.4 is 5.32 Å². The van der Waals surface area contributed by atoms with Gasteiger partial charge in [0.05, 0.1) is 10.6 Å². The molecule has 6 nitrogen and oxygen atoms in total. The lowest BCUT2D eigenvalue weighted by Crippen LogP contribution is -2.19. The third kappa shape index (κ3) is 3.17. The molecule has 0 aliphatic heterocycles. The van der Waals surface area contributed by atoms with Gasteiger partial charge in [-0.25, -0.2) is 0 Å². The van der Waals surface area contributed by atoms with E-state index in [9.17, 15) is 10.1 Å². The van der Waals surface area contributed by atoms with Gasteiger partial charge in [0.25, 0.3) is 5.69 Å².